The molecule has 21 heavy (non-hydrogen) atoms. The molecule has 1 fully saturated rings. The Kier molecular flexibility index (Phi) is 5.62. The lowest BCUT2D eigenvalue weighted by molar-refractivity contribution is 0.186. The molecule has 0 aliphatic carbocycles. The average molecular weight is 289 g/mol. The molecule has 0 saturated carbocycles. The number of nitrogens with zero attached hydrogens (tertiary/aromatic N) is 1. The normalized spacial score (nSPS) is 17.6. The van der Waals surface area contributed by atoms with Gasteiger partial charge in [-0.05, 0) is 49.9 Å². The molecule has 116 valence electrons. The van der Waals surface area contributed by atoms with Gasteiger partial charge in [0.1, 0.15) is 0 Å². The zero-order valence-corrected chi connectivity index (χ0v) is 13.4. The highest BCUT2D eigenvalue weighted by Gasteiger charge is 2.20. The van der Waals surface area contributed by atoms with Crippen molar-refractivity contribution < 1.29 is 4.79 Å². The van der Waals surface area contributed by atoms with Gasteiger partial charge < -0.3 is 15.5 Å². The van der Waals surface area contributed by atoms with E-state index in [1.807, 2.05) is 17.0 Å². The molecule has 1 heterocycles. The van der Waals surface area contributed by atoms with Crippen LogP contribution in [-0.2, 0) is 0 Å². The van der Waals surface area contributed by atoms with Crippen molar-refractivity contribution in [3.8, 4) is 0 Å². The summed E-state index contributed by atoms with van der Waals surface area (Å²) >= 11 is 0. The first kappa shape index (κ1) is 15.8. The third kappa shape index (κ3) is 4.46. The minimum Gasteiger partial charge on any atom is -0.325 e. The van der Waals surface area contributed by atoms with Crippen LogP contribution >= 0.6 is 0 Å². The summed E-state index contributed by atoms with van der Waals surface area (Å²) in [6.07, 6.45) is 2.21. The summed E-state index contributed by atoms with van der Waals surface area (Å²) in [5, 5.41) is 6.37. The lowest BCUT2D eigenvalue weighted by atomic mass is 10.00. The number of hydrogen-bond acceptors (Lipinski definition) is 2. The number of amides is 2. The van der Waals surface area contributed by atoms with Gasteiger partial charge in [0.05, 0.1) is 0 Å². The van der Waals surface area contributed by atoms with E-state index in [2.05, 4.69) is 43.5 Å². The molecule has 1 saturated heterocycles. The van der Waals surface area contributed by atoms with E-state index in [0.29, 0.717) is 6.04 Å². The molecule has 0 aromatic heterocycles. The lowest BCUT2D eigenvalue weighted by Crippen LogP contribution is -2.40. The van der Waals surface area contributed by atoms with Crippen LogP contribution < -0.4 is 10.6 Å². The largest absolute Gasteiger partial charge is 0.325 e. The minimum absolute atomic E-state index is 0.0226. The molecule has 1 unspecified atom stereocenters. The quantitative estimate of drug-likeness (QED) is 0.889. The Morgan fingerprint density at radius 1 is 1.29 bits per heavy atom. The molecule has 0 radical (unpaired) electrons. The van der Waals surface area contributed by atoms with Crippen LogP contribution in [0.2, 0.25) is 0 Å². The highest BCUT2D eigenvalue weighted by molar-refractivity contribution is 5.89. The van der Waals surface area contributed by atoms with Gasteiger partial charge in [-0.15, -0.1) is 0 Å². The summed E-state index contributed by atoms with van der Waals surface area (Å²) < 4.78 is 0. The van der Waals surface area contributed by atoms with E-state index >= 15 is 0 Å². The SMILES string of the molecule is CCNC(C)c1ccc(NC(=O)N2CCC(C)CC2)cc1. The Hall–Kier alpha value is -1.55. The summed E-state index contributed by atoms with van der Waals surface area (Å²) in [6, 6.07) is 8.46. The maximum atomic E-state index is 12.2. The van der Waals surface area contributed by atoms with Gasteiger partial charge in [-0.1, -0.05) is 26.0 Å². The molecule has 1 atom stereocenters. The maximum Gasteiger partial charge on any atom is 0.321 e. The minimum atomic E-state index is 0.0226. The van der Waals surface area contributed by atoms with E-state index in [-0.39, 0.29) is 6.03 Å². The number of nitrogens with one attached hydrogen (secondary N) is 2. The van der Waals surface area contributed by atoms with Crippen LogP contribution in [-0.4, -0.2) is 30.6 Å². The standard InChI is InChI=1S/C17H27N3O/c1-4-18-14(3)15-5-7-16(8-6-15)19-17(21)20-11-9-13(2)10-12-20/h5-8,13-14,18H,4,9-12H2,1-3H3,(H,19,21). The molecule has 1 aliphatic heterocycles. The molecule has 1 aromatic carbocycles. The molecular weight excluding hydrogens is 262 g/mol. The number of anilines is 1. The monoisotopic (exact) mass is 289 g/mol. The summed E-state index contributed by atoms with van der Waals surface area (Å²) in [5.41, 5.74) is 2.10. The van der Waals surface area contributed by atoms with Crippen molar-refractivity contribution in [1.82, 2.24) is 10.2 Å². The van der Waals surface area contributed by atoms with Gasteiger partial charge in [-0.25, -0.2) is 4.79 Å². The number of carbonyl (C=O) groups is 1. The van der Waals surface area contributed by atoms with Gasteiger partial charge in [0, 0.05) is 24.8 Å². The fourth-order valence-electron chi connectivity index (χ4n) is 2.69. The molecule has 0 bridgehead atoms. The van der Waals surface area contributed by atoms with Gasteiger partial charge in [0.25, 0.3) is 0 Å². The van der Waals surface area contributed by atoms with Gasteiger partial charge in [-0.2, -0.15) is 0 Å². The molecule has 2 N–H and O–H groups in total. The Labute approximate surface area is 127 Å². The van der Waals surface area contributed by atoms with Crippen LogP contribution in [0.5, 0.6) is 0 Å². The van der Waals surface area contributed by atoms with Crippen molar-refractivity contribution in [3.63, 3.8) is 0 Å². The highest BCUT2D eigenvalue weighted by atomic mass is 16.2. The number of rotatable bonds is 4. The van der Waals surface area contributed by atoms with Crippen molar-refractivity contribution in [2.45, 2.75) is 39.7 Å². The highest BCUT2D eigenvalue weighted by Crippen LogP contribution is 2.19. The van der Waals surface area contributed by atoms with E-state index in [1.165, 1.54) is 5.56 Å². The van der Waals surface area contributed by atoms with E-state index < -0.39 is 0 Å². The van der Waals surface area contributed by atoms with Crippen molar-refractivity contribution in [2.24, 2.45) is 5.92 Å². The third-order valence-electron chi connectivity index (χ3n) is 4.24. The van der Waals surface area contributed by atoms with Gasteiger partial charge in [0.15, 0.2) is 0 Å². The molecule has 2 rings (SSSR count). The molecule has 1 aliphatic rings. The summed E-state index contributed by atoms with van der Waals surface area (Å²) in [4.78, 5) is 14.1. The fraction of sp³-hybridized carbons (Fsp3) is 0.588. The van der Waals surface area contributed by atoms with Crippen molar-refractivity contribution in [1.29, 1.82) is 0 Å². The first-order chi connectivity index (χ1) is 10.1. The smallest absolute Gasteiger partial charge is 0.321 e. The van der Waals surface area contributed by atoms with Gasteiger partial charge >= 0.3 is 6.03 Å². The summed E-state index contributed by atoms with van der Waals surface area (Å²) in [5.74, 6) is 0.737. The Bertz CT molecular complexity index is 450. The van der Waals surface area contributed by atoms with Gasteiger partial charge in [-0.3, -0.25) is 0 Å². The Balaban J connectivity index is 1.89. The number of urea groups is 1. The average Bonchev–Trinajstić information content (AvgIpc) is 2.49. The summed E-state index contributed by atoms with van der Waals surface area (Å²) in [6.45, 7) is 9.17. The Morgan fingerprint density at radius 2 is 1.90 bits per heavy atom. The third-order valence-corrected chi connectivity index (χ3v) is 4.24. The molecule has 0 spiro atoms. The van der Waals surface area contributed by atoms with Crippen molar-refractivity contribution >= 4 is 11.7 Å². The number of benzene rings is 1. The van der Waals surface area contributed by atoms with Crippen LogP contribution in [0.1, 0.15) is 45.2 Å². The first-order valence-electron chi connectivity index (χ1n) is 7.99. The Morgan fingerprint density at radius 3 is 2.48 bits per heavy atom. The second kappa shape index (κ2) is 7.46. The van der Waals surface area contributed by atoms with Crippen LogP contribution in [0.3, 0.4) is 0 Å². The van der Waals surface area contributed by atoms with E-state index in [0.717, 1.165) is 44.1 Å². The maximum absolute atomic E-state index is 12.2. The number of likely N-dealkylation sites (tertiary alicyclic amines) is 1. The molecule has 1 aromatic rings. The molecule has 4 nitrogen and oxygen atoms in total. The van der Waals surface area contributed by atoms with E-state index in [1.54, 1.807) is 0 Å². The second-order valence-corrected chi connectivity index (χ2v) is 6.00. The first-order valence-corrected chi connectivity index (χ1v) is 7.99. The fourth-order valence-corrected chi connectivity index (χ4v) is 2.69. The van der Waals surface area contributed by atoms with Crippen LogP contribution in [0, 0.1) is 5.92 Å². The van der Waals surface area contributed by atoms with Crippen molar-refractivity contribution in [2.75, 3.05) is 25.0 Å². The van der Waals surface area contributed by atoms with Gasteiger partial charge in [0.2, 0.25) is 0 Å². The number of carbonyl (C=O) groups excluding carboxylic acids is 1. The molecule has 4 heteroatoms. The zero-order valence-electron chi connectivity index (χ0n) is 13.4. The van der Waals surface area contributed by atoms with Crippen LogP contribution in [0.4, 0.5) is 10.5 Å². The number of piperidine rings is 1. The molecular formula is C17H27N3O. The lowest BCUT2D eigenvalue weighted by Gasteiger charge is -2.30. The predicted octanol–water partition coefficient (Wildman–Crippen LogP) is 3.62. The van der Waals surface area contributed by atoms with Crippen LogP contribution in [0.25, 0.3) is 0 Å². The predicted molar refractivity (Wildman–Crippen MR) is 87.5 cm³/mol. The topological polar surface area (TPSA) is 44.4 Å². The number of hydrogen-bond donors (Lipinski definition) is 2. The van der Waals surface area contributed by atoms with Crippen molar-refractivity contribution in [3.05, 3.63) is 29.8 Å². The summed E-state index contributed by atoms with van der Waals surface area (Å²) in [7, 11) is 0. The van der Waals surface area contributed by atoms with Crippen LogP contribution in [0.15, 0.2) is 24.3 Å². The molecule has 2 amide bonds. The zero-order chi connectivity index (χ0) is 15.2. The second-order valence-electron chi connectivity index (χ2n) is 6.00. The van der Waals surface area contributed by atoms with E-state index in [4.69, 9.17) is 0 Å². The van der Waals surface area contributed by atoms with E-state index in [9.17, 15) is 4.79 Å².